The number of benzene rings is 1. The molecule has 0 aliphatic carbocycles. The highest BCUT2D eigenvalue weighted by Crippen LogP contribution is 2.13. The minimum absolute atomic E-state index is 0.452. The SMILES string of the molecule is CNC(Cc1ccncc1)Cc1ccc(Br)cc1. The van der Waals surface area contributed by atoms with Crippen LogP contribution in [0.25, 0.3) is 0 Å². The van der Waals surface area contributed by atoms with Gasteiger partial charge in [-0.3, -0.25) is 4.98 Å². The molecule has 1 heterocycles. The van der Waals surface area contributed by atoms with Crippen molar-refractivity contribution in [3.8, 4) is 0 Å². The van der Waals surface area contributed by atoms with E-state index in [0.717, 1.165) is 17.3 Å². The molecule has 1 aromatic heterocycles. The van der Waals surface area contributed by atoms with E-state index in [0.29, 0.717) is 6.04 Å². The van der Waals surface area contributed by atoms with Crippen molar-refractivity contribution in [2.45, 2.75) is 18.9 Å². The van der Waals surface area contributed by atoms with E-state index in [4.69, 9.17) is 0 Å². The molecule has 94 valence electrons. The van der Waals surface area contributed by atoms with E-state index in [1.54, 1.807) is 0 Å². The van der Waals surface area contributed by atoms with Gasteiger partial charge >= 0.3 is 0 Å². The largest absolute Gasteiger partial charge is 0.316 e. The molecule has 1 atom stereocenters. The summed E-state index contributed by atoms with van der Waals surface area (Å²) in [6.45, 7) is 0. The van der Waals surface area contributed by atoms with Crippen LogP contribution >= 0.6 is 15.9 Å². The fourth-order valence-corrected chi connectivity index (χ4v) is 2.25. The first-order chi connectivity index (χ1) is 8.78. The molecule has 2 aromatic rings. The summed E-state index contributed by atoms with van der Waals surface area (Å²) in [5.41, 5.74) is 2.67. The van der Waals surface area contributed by atoms with E-state index in [2.05, 4.69) is 62.6 Å². The second-order valence-corrected chi connectivity index (χ2v) is 5.29. The molecule has 0 amide bonds. The van der Waals surface area contributed by atoms with Gasteiger partial charge in [-0.05, 0) is 55.3 Å². The van der Waals surface area contributed by atoms with Crippen LogP contribution in [0.2, 0.25) is 0 Å². The van der Waals surface area contributed by atoms with Crippen molar-refractivity contribution in [2.24, 2.45) is 0 Å². The molecule has 0 saturated carbocycles. The number of hydrogen-bond donors (Lipinski definition) is 1. The van der Waals surface area contributed by atoms with Gasteiger partial charge in [-0.2, -0.15) is 0 Å². The van der Waals surface area contributed by atoms with E-state index in [1.165, 1.54) is 11.1 Å². The number of rotatable bonds is 5. The number of hydrogen-bond acceptors (Lipinski definition) is 2. The Morgan fingerprint density at radius 1 is 1.00 bits per heavy atom. The highest BCUT2D eigenvalue weighted by Gasteiger charge is 2.08. The summed E-state index contributed by atoms with van der Waals surface area (Å²) in [6.07, 6.45) is 5.75. The zero-order valence-electron chi connectivity index (χ0n) is 10.4. The van der Waals surface area contributed by atoms with Crippen molar-refractivity contribution >= 4 is 15.9 Å². The standard InChI is InChI=1S/C15H17BrN2/c1-17-15(11-13-6-8-18-9-7-13)10-12-2-4-14(16)5-3-12/h2-9,15,17H,10-11H2,1H3. The van der Waals surface area contributed by atoms with Crippen LogP contribution in [-0.4, -0.2) is 18.1 Å². The summed E-state index contributed by atoms with van der Waals surface area (Å²) in [7, 11) is 2.02. The van der Waals surface area contributed by atoms with Gasteiger partial charge in [0.05, 0.1) is 0 Å². The van der Waals surface area contributed by atoms with E-state index < -0.39 is 0 Å². The van der Waals surface area contributed by atoms with Crippen LogP contribution in [0.4, 0.5) is 0 Å². The van der Waals surface area contributed by atoms with Crippen LogP contribution in [0.3, 0.4) is 0 Å². The molecule has 0 fully saturated rings. The predicted molar refractivity (Wildman–Crippen MR) is 78.6 cm³/mol. The lowest BCUT2D eigenvalue weighted by Gasteiger charge is -2.16. The molecule has 3 heteroatoms. The van der Waals surface area contributed by atoms with Crippen LogP contribution in [0.5, 0.6) is 0 Å². The highest BCUT2D eigenvalue weighted by atomic mass is 79.9. The Balaban J connectivity index is 1.99. The maximum absolute atomic E-state index is 4.05. The van der Waals surface area contributed by atoms with Crippen LogP contribution in [-0.2, 0) is 12.8 Å². The maximum atomic E-state index is 4.05. The summed E-state index contributed by atoms with van der Waals surface area (Å²) < 4.78 is 1.13. The van der Waals surface area contributed by atoms with E-state index in [1.807, 2.05) is 19.4 Å². The third-order valence-electron chi connectivity index (χ3n) is 3.04. The van der Waals surface area contributed by atoms with Crippen molar-refractivity contribution in [3.05, 3.63) is 64.4 Å². The molecule has 0 spiro atoms. The van der Waals surface area contributed by atoms with Gasteiger partial charge in [0, 0.05) is 22.9 Å². The van der Waals surface area contributed by atoms with Crippen molar-refractivity contribution in [1.29, 1.82) is 0 Å². The first-order valence-electron chi connectivity index (χ1n) is 6.08. The second kappa shape index (κ2) is 6.66. The third-order valence-corrected chi connectivity index (χ3v) is 3.56. The molecule has 1 N–H and O–H groups in total. The molecule has 2 nitrogen and oxygen atoms in total. The van der Waals surface area contributed by atoms with E-state index in [-0.39, 0.29) is 0 Å². The lowest BCUT2D eigenvalue weighted by Crippen LogP contribution is -2.29. The van der Waals surface area contributed by atoms with Crippen molar-refractivity contribution in [2.75, 3.05) is 7.05 Å². The van der Waals surface area contributed by atoms with Gasteiger partial charge in [0.25, 0.3) is 0 Å². The molecule has 0 radical (unpaired) electrons. The van der Waals surface area contributed by atoms with Gasteiger partial charge in [0.15, 0.2) is 0 Å². The first-order valence-corrected chi connectivity index (χ1v) is 6.88. The number of likely N-dealkylation sites (N-methyl/N-ethyl adjacent to an activating group) is 1. The van der Waals surface area contributed by atoms with Crippen LogP contribution in [0.15, 0.2) is 53.3 Å². The predicted octanol–water partition coefficient (Wildman–Crippen LogP) is 3.22. The fraction of sp³-hybridized carbons (Fsp3) is 0.267. The highest BCUT2D eigenvalue weighted by molar-refractivity contribution is 9.10. The lowest BCUT2D eigenvalue weighted by atomic mass is 10.00. The quantitative estimate of drug-likeness (QED) is 0.917. The molecule has 0 bridgehead atoms. The van der Waals surface area contributed by atoms with Gasteiger partial charge in [0.2, 0.25) is 0 Å². The van der Waals surface area contributed by atoms with Gasteiger partial charge < -0.3 is 5.32 Å². The molecular weight excluding hydrogens is 288 g/mol. The molecule has 2 rings (SSSR count). The average molecular weight is 305 g/mol. The van der Waals surface area contributed by atoms with E-state index in [9.17, 15) is 0 Å². The number of nitrogens with one attached hydrogen (secondary N) is 1. The molecule has 0 saturated heterocycles. The normalized spacial score (nSPS) is 12.3. The Labute approximate surface area is 117 Å². The zero-order chi connectivity index (χ0) is 12.8. The molecule has 1 aromatic carbocycles. The minimum Gasteiger partial charge on any atom is -0.316 e. The third kappa shape index (κ3) is 3.93. The number of aromatic nitrogens is 1. The summed E-state index contributed by atoms with van der Waals surface area (Å²) >= 11 is 3.46. The van der Waals surface area contributed by atoms with Crippen LogP contribution in [0, 0.1) is 0 Å². The Bertz CT molecular complexity index is 468. The monoisotopic (exact) mass is 304 g/mol. The van der Waals surface area contributed by atoms with E-state index >= 15 is 0 Å². The Morgan fingerprint density at radius 3 is 2.11 bits per heavy atom. The topological polar surface area (TPSA) is 24.9 Å². The maximum Gasteiger partial charge on any atom is 0.0270 e. The smallest absolute Gasteiger partial charge is 0.0270 e. The molecule has 1 unspecified atom stereocenters. The Kier molecular flexibility index (Phi) is 4.90. The van der Waals surface area contributed by atoms with Crippen molar-refractivity contribution < 1.29 is 0 Å². The lowest BCUT2D eigenvalue weighted by molar-refractivity contribution is 0.556. The fourth-order valence-electron chi connectivity index (χ4n) is 1.98. The number of pyridine rings is 1. The van der Waals surface area contributed by atoms with Crippen molar-refractivity contribution in [3.63, 3.8) is 0 Å². The van der Waals surface area contributed by atoms with Gasteiger partial charge in [-0.15, -0.1) is 0 Å². The molecule has 0 aliphatic rings. The van der Waals surface area contributed by atoms with Crippen LogP contribution in [0.1, 0.15) is 11.1 Å². The minimum atomic E-state index is 0.452. The van der Waals surface area contributed by atoms with Gasteiger partial charge in [-0.1, -0.05) is 28.1 Å². The zero-order valence-corrected chi connectivity index (χ0v) is 12.0. The number of halogens is 1. The van der Waals surface area contributed by atoms with Crippen LogP contribution < -0.4 is 5.32 Å². The molecule has 18 heavy (non-hydrogen) atoms. The molecule has 0 aliphatic heterocycles. The summed E-state index contributed by atoms with van der Waals surface area (Å²) in [4.78, 5) is 4.05. The molecular formula is C15H17BrN2. The average Bonchev–Trinajstić information content (AvgIpc) is 2.41. The summed E-state index contributed by atoms with van der Waals surface area (Å²) in [5.74, 6) is 0. The van der Waals surface area contributed by atoms with Crippen molar-refractivity contribution in [1.82, 2.24) is 10.3 Å². The Morgan fingerprint density at radius 2 is 1.56 bits per heavy atom. The van der Waals surface area contributed by atoms with Gasteiger partial charge in [0.1, 0.15) is 0 Å². The van der Waals surface area contributed by atoms with Gasteiger partial charge in [-0.25, -0.2) is 0 Å². The second-order valence-electron chi connectivity index (χ2n) is 4.38. The first kappa shape index (κ1) is 13.2. The number of nitrogens with zero attached hydrogens (tertiary/aromatic N) is 1. The Hall–Kier alpha value is -1.19. The summed E-state index contributed by atoms with van der Waals surface area (Å²) in [5, 5.41) is 3.38. The summed E-state index contributed by atoms with van der Waals surface area (Å²) in [6, 6.07) is 13.1.